The van der Waals surface area contributed by atoms with Gasteiger partial charge in [0.2, 0.25) is 0 Å². The van der Waals surface area contributed by atoms with Crippen molar-refractivity contribution in [2.75, 3.05) is 0 Å². The number of ether oxygens (including phenoxy) is 1. The van der Waals surface area contributed by atoms with E-state index in [1.807, 2.05) is 42.5 Å². The van der Waals surface area contributed by atoms with Crippen LogP contribution in [0.4, 0.5) is 0 Å². The van der Waals surface area contributed by atoms with Crippen LogP contribution in [0.5, 0.6) is 5.75 Å². The van der Waals surface area contributed by atoms with Gasteiger partial charge < -0.3 is 9.15 Å². The monoisotopic (exact) mass is 617 g/mol. The standard InChI is InChI=1S/C43H27N3O2/c1-2-11-25-24(10-1)26-14-7-15-27-29(23-22-28(25)38(26)27)41-44-42(32-16-8-20-36-39(32)30-12-3-5-18-34(30)47-36)46-43(45-41)33-17-9-21-37-40(33)31-13-4-6-19-35(31)48-37/h2-9,11-23,30,34H,1,10H2. The van der Waals surface area contributed by atoms with Crippen molar-refractivity contribution in [1.82, 2.24) is 15.0 Å². The van der Waals surface area contributed by atoms with E-state index in [-0.39, 0.29) is 12.0 Å². The van der Waals surface area contributed by atoms with E-state index >= 15 is 0 Å². The average Bonchev–Trinajstić information content (AvgIpc) is 3.82. The molecule has 0 N–H and O–H groups in total. The molecule has 7 aromatic rings. The van der Waals surface area contributed by atoms with Crippen LogP contribution in [0.3, 0.4) is 0 Å². The molecule has 48 heavy (non-hydrogen) atoms. The van der Waals surface area contributed by atoms with E-state index in [0.717, 1.165) is 68.2 Å². The van der Waals surface area contributed by atoms with Crippen LogP contribution in [0.2, 0.25) is 0 Å². The van der Waals surface area contributed by atoms with E-state index in [4.69, 9.17) is 24.1 Å². The van der Waals surface area contributed by atoms with E-state index in [1.165, 1.54) is 27.7 Å². The van der Waals surface area contributed by atoms with Crippen molar-refractivity contribution in [2.45, 2.75) is 24.9 Å². The summed E-state index contributed by atoms with van der Waals surface area (Å²) in [5, 5.41) is 4.49. The number of nitrogens with zero attached hydrogens (tertiary/aromatic N) is 3. The van der Waals surface area contributed by atoms with Gasteiger partial charge in [0.05, 0.1) is 0 Å². The van der Waals surface area contributed by atoms with Crippen LogP contribution in [0.25, 0.3) is 78.0 Å². The first-order valence-electron chi connectivity index (χ1n) is 16.6. The number of allylic oxidation sites excluding steroid dienone is 6. The molecule has 0 radical (unpaired) electrons. The Morgan fingerprint density at radius 3 is 2.27 bits per heavy atom. The van der Waals surface area contributed by atoms with Crippen LogP contribution in [0.15, 0.2) is 132 Å². The van der Waals surface area contributed by atoms with Gasteiger partial charge >= 0.3 is 0 Å². The van der Waals surface area contributed by atoms with E-state index < -0.39 is 0 Å². The number of rotatable bonds is 3. The lowest BCUT2D eigenvalue weighted by atomic mass is 9.88. The highest BCUT2D eigenvalue weighted by atomic mass is 16.5. The topological polar surface area (TPSA) is 61.0 Å². The summed E-state index contributed by atoms with van der Waals surface area (Å²) in [7, 11) is 0. The van der Waals surface area contributed by atoms with Crippen molar-refractivity contribution in [3.8, 4) is 39.9 Å². The minimum atomic E-state index is -0.0397. The van der Waals surface area contributed by atoms with E-state index in [9.17, 15) is 0 Å². The number of hydrogen-bond acceptors (Lipinski definition) is 5. The van der Waals surface area contributed by atoms with Crippen molar-refractivity contribution in [2.24, 2.45) is 0 Å². The summed E-state index contributed by atoms with van der Waals surface area (Å²) in [6, 6.07) is 31.6. The maximum absolute atomic E-state index is 6.40. The predicted molar refractivity (Wildman–Crippen MR) is 192 cm³/mol. The van der Waals surface area contributed by atoms with E-state index in [2.05, 4.69) is 85.0 Å². The second kappa shape index (κ2) is 9.72. The maximum atomic E-state index is 6.40. The molecule has 3 aliphatic carbocycles. The van der Waals surface area contributed by atoms with Gasteiger partial charge in [-0.3, -0.25) is 0 Å². The molecule has 0 saturated heterocycles. The predicted octanol–water partition coefficient (Wildman–Crippen LogP) is 10.5. The van der Waals surface area contributed by atoms with Gasteiger partial charge in [0.15, 0.2) is 17.5 Å². The first kappa shape index (κ1) is 26.0. The summed E-state index contributed by atoms with van der Waals surface area (Å²) in [5.41, 5.74) is 11.0. The van der Waals surface area contributed by atoms with Crippen molar-refractivity contribution in [3.63, 3.8) is 0 Å². The molecule has 11 rings (SSSR count). The maximum Gasteiger partial charge on any atom is 0.164 e. The summed E-state index contributed by atoms with van der Waals surface area (Å²) in [6.07, 6.45) is 15.2. The Hall–Kier alpha value is -6.07. The van der Waals surface area contributed by atoms with Crippen LogP contribution in [0.1, 0.15) is 35.4 Å². The van der Waals surface area contributed by atoms with Crippen LogP contribution >= 0.6 is 0 Å². The van der Waals surface area contributed by atoms with E-state index in [0.29, 0.717) is 17.5 Å². The van der Waals surface area contributed by atoms with Crippen LogP contribution < -0.4 is 4.74 Å². The zero-order chi connectivity index (χ0) is 31.3. The van der Waals surface area contributed by atoms with Gasteiger partial charge in [0, 0.05) is 38.9 Å². The van der Waals surface area contributed by atoms with Gasteiger partial charge in [-0.1, -0.05) is 97.1 Å². The quantitative estimate of drug-likeness (QED) is 0.197. The third-order valence-electron chi connectivity index (χ3n) is 10.3. The molecule has 0 saturated carbocycles. The van der Waals surface area contributed by atoms with Gasteiger partial charge in [-0.25, -0.2) is 15.0 Å². The molecule has 2 atom stereocenters. The van der Waals surface area contributed by atoms with Crippen LogP contribution in [0, 0.1) is 0 Å². The molecular formula is C43H27N3O2. The van der Waals surface area contributed by atoms with Gasteiger partial charge in [-0.2, -0.15) is 0 Å². The molecular weight excluding hydrogens is 590 g/mol. The molecule has 5 nitrogen and oxygen atoms in total. The first-order chi connectivity index (χ1) is 23.8. The van der Waals surface area contributed by atoms with Crippen molar-refractivity contribution in [3.05, 3.63) is 144 Å². The van der Waals surface area contributed by atoms with Gasteiger partial charge in [0.1, 0.15) is 23.0 Å². The number of aromatic nitrogens is 3. The minimum absolute atomic E-state index is 0.0397. The van der Waals surface area contributed by atoms with E-state index in [1.54, 1.807) is 0 Å². The fraction of sp³-hybridized carbons (Fsp3) is 0.0930. The highest BCUT2D eigenvalue weighted by molar-refractivity contribution is 6.19. The Balaban J connectivity index is 1.19. The largest absolute Gasteiger partial charge is 0.485 e. The first-order valence-corrected chi connectivity index (χ1v) is 16.6. The molecule has 1 aliphatic heterocycles. The molecule has 3 heterocycles. The molecule has 0 bridgehead atoms. The zero-order valence-corrected chi connectivity index (χ0v) is 25.9. The Labute approximate surface area is 276 Å². The van der Waals surface area contributed by atoms with Crippen LogP contribution in [-0.4, -0.2) is 21.1 Å². The Morgan fingerprint density at radius 2 is 1.31 bits per heavy atom. The summed E-state index contributed by atoms with van der Waals surface area (Å²) < 4.78 is 12.7. The third-order valence-corrected chi connectivity index (χ3v) is 10.3. The van der Waals surface area contributed by atoms with Gasteiger partial charge in [-0.15, -0.1) is 0 Å². The molecule has 5 aromatic carbocycles. The van der Waals surface area contributed by atoms with Crippen molar-refractivity contribution < 1.29 is 9.15 Å². The lowest BCUT2D eigenvalue weighted by Gasteiger charge is -2.16. The number of benzene rings is 5. The molecule has 2 aromatic heterocycles. The molecule has 2 unspecified atom stereocenters. The normalized spacial score (nSPS) is 18.5. The Morgan fingerprint density at radius 1 is 0.583 bits per heavy atom. The summed E-state index contributed by atoms with van der Waals surface area (Å²) in [5.74, 6) is 2.86. The highest BCUT2D eigenvalue weighted by Gasteiger charge is 2.35. The fourth-order valence-corrected chi connectivity index (χ4v) is 8.26. The smallest absolute Gasteiger partial charge is 0.164 e. The fourth-order valence-electron chi connectivity index (χ4n) is 8.26. The van der Waals surface area contributed by atoms with Gasteiger partial charge in [0.25, 0.3) is 0 Å². The highest BCUT2D eigenvalue weighted by Crippen LogP contribution is 2.49. The third kappa shape index (κ3) is 3.58. The second-order valence-electron chi connectivity index (χ2n) is 12.9. The summed E-state index contributed by atoms with van der Waals surface area (Å²) in [4.78, 5) is 15.8. The average molecular weight is 618 g/mol. The van der Waals surface area contributed by atoms with Crippen LogP contribution in [-0.2, 0) is 0 Å². The zero-order valence-electron chi connectivity index (χ0n) is 25.9. The summed E-state index contributed by atoms with van der Waals surface area (Å²) in [6.45, 7) is 0. The molecule has 0 fully saturated rings. The molecule has 226 valence electrons. The van der Waals surface area contributed by atoms with Crippen molar-refractivity contribution >= 4 is 43.9 Å². The number of para-hydroxylation sites is 1. The number of hydrogen-bond donors (Lipinski definition) is 0. The number of fused-ring (bicyclic) bond motifs is 8. The summed E-state index contributed by atoms with van der Waals surface area (Å²) >= 11 is 0. The molecule has 4 aliphatic rings. The Bertz CT molecular complexity index is 2670. The van der Waals surface area contributed by atoms with Gasteiger partial charge in [-0.05, 0) is 76.2 Å². The second-order valence-corrected chi connectivity index (χ2v) is 12.9. The Kier molecular flexibility index (Phi) is 5.28. The molecule has 0 spiro atoms. The molecule has 5 heteroatoms. The SMILES string of the molecule is C1=CC2Oc3cccc(-c4nc(-c5ccc6c7c(cccc57)C5=C6C=CCC5)nc(-c5cccc6oc7ccccc7c56)n4)c3C2C=C1. The molecule has 0 amide bonds. The lowest BCUT2D eigenvalue weighted by molar-refractivity contribution is 0.269. The number of furan rings is 1. The minimum Gasteiger partial charge on any atom is -0.485 e. The van der Waals surface area contributed by atoms with Crippen molar-refractivity contribution in [1.29, 1.82) is 0 Å². The lowest BCUT2D eigenvalue weighted by Crippen LogP contribution is -2.16.